The molecule has 0 aromatic heterocycles. The summed E-state index contributed by atoms with van der Waals surface area (Å²) in [6, 6.07) is 8.11. The molecule has 4 nitrogen and oxygen atoms in total. The van der Waals surface area contributed by atoms with Crippen LogP contribution < -0.4 is 5.32 Å². The third-order valence-electron chi connectivity index (χ3n) is 4.51. The zero-order valence-electron chi connectivity index (χ0n) is 14.9. The van der Waals surface area contributed by atoms with E-state index in [2.05, 4.69) is 42.1 Å². The number of aryl methyl sites for hydroxylation is 1. The first-order valence-corrected chi connectivity index (χ1v) is 8.82. The van der Waals surface area contributed by atoms with E-state index in [1.165, 1.54) is 18.4 Å². The van der Waals surface area contributed by atoms with Crippen molar-refractivity contribution in [2.45, 2.75) is 33.2 Å². The highest BCUT2D eigenvalue weighted by atomic mass is 16.2. The Morgan fingerprint density at radius 3 is 2.83 bits per heavy atom. The van der Waals surface area contributed by atoms with E-state index in [1.54, 1.807) is 4.90 Å². The average Bonchev–Trinajstić information content (AvgIpc) is 2.56. The van der Waals surface area contributed by atoms with Gasteiger partial charge in [-0.1, -0.05) is 42.7 Å². The van der Waals surface area contributed by atoms with E-state index >= 15 is 0 Å². The Morgan fingerprint density at radius 2 is 2.17 bits per heavy atom. The third-order valence-corrected chi connectivity index (χ3v) is 4.51. The van der Waals surface area contributed by atoms with Crippen LogP contribution in [0.5, 0.6) is 0 Å². The van der Waals surface area contributed by atoms with Gasteiger partial charge in [-0.15, -0.1) is 6.42 Å². The van der Waals surface area contributed by atoms with Crippen LogP contribution in [-0.2, 0) is 6.54 Å². The Kier molecular flexibility index (Phi) is 7.14. The van der Waals surface area contributed by atoms with E-state index in [0.717, 1.165) is 31.1 Å². The van der Waals surface area contributed by atoms with Gasteiger partial charge in [-0.3, -0.25) is 0 Å². The smallest absolute Gasteiger partial charge is 0.318 e. The van der Waals surface area contributed by atoms with Crippen LogP contribution in [0.3, 0.4) is 0 Å². The molecular weight excluding hydrogens is 298 g/mol. The monoisotopic (exact) mass is 327 g/mol. The molecule has 1 N–H and O–H groups in total. The number of carbonyl (C=O) groups excluding carboxylic acids is 1. The molecule has 2 amide bonds. The number of hydrogen-bond acceptors (Lipinski definition) is 2. The molecule has 1 fully saturated rings. The van der Waals surface area contributed by atoms with Crippen LogP contribution in [0.25, 0.3) is 0 Å². The van der Waals surface area contributed by atoms with Gasteiger partial charge in [0.15, 0.2) is 0 Å². The summed E-state index contributed by atoms with van der Waals surface area (Å²) in [5.41, 5.74) is 2.30. The molecule has 1 aromatic rings. The van der Waals surface area contributed by atoms with E-state index in [9.17, 15) is 4.79 Å². The fourth-order valence-electron chi connectivity index (χ4n) is 3.15. The predicted molar refractivity (Wildman–Crippen MR) is 98.7 cm³/mol. The van der Waals surface area contributed by atoms with Crippen LogP contribution in [0, 0.1) is 25.2 Å². The summed E-state index contributed by atoms with van der Waals surface area (Å²) >= 11 is 0. The summed E-state index contributed by atoms with van der Waals surface area (Å²) in [5.74, 6) is 3.34. The van der Waals surface area contributed by atoms with Gasteiger partial charge in [-0.05, 0) is 37.8 Å². The second-order valence-corrected chi connectivity index (χ2v) is 6.83. The van der Waals surface area contributed by atoms with Crippen molar-refractivity contribution in [3.63, 3.8) is 0 Å². The van der Waals surface area contributed by atoms with E-state index in [-0.39, 0.29) is 6.03 Å². The number of hydrogen-bond donors (Lipinski definition) is 1. The highest BCUT2D eigenvalue weighted by molar-refractivity contribution is 5.74. The third kappa shape index (κ3) is 5.90. The lowest BCUT2D eigenvalue weighted by atomic mass is 10.0. The van der Waals surface area contributed by atoms with Gasteiger partial charge >= 0.3 is 6.03 Å². The second-order valence-electron chi connectivity index (χ2n) is 6.83. The molecule has 1 aromatic carbocycles. The highest BCUT2D eigenvalue weighted by Gasteiger charge is 2.17. The average molecular weight is 327 g/mol. The standard InChI is InChI=1S/C20H29N3O/c1-4-12-23(16-19-9-7-17(2)8-10-19)20(24)21-11-14-22-13-5-6-18(3)15-22/h1,7-10,18H,5-6,11-16H2,2-3H3,(H,21,24). The van der Waals surface area contributed by atoms with Crippen molar-refractivity contribution in [1.29, 1.82) is 0 Å². The first-order valence-electron chi connectivity index (χ1n) is 8.82. The SMILES string of the molecule is C#CCN(Cc1ccc(C)cc1)C(=O)NCCN1CCCC(C)C1. The molecule has 1 aliphatic rings. The molecule has 1 unspecified atom stereocenters. The van der Waals surface area contributed by atoms with Crippen molar-refractivity contribution < 1.29 is 4.79 Å². The lowest BCUT2D eigenvalue weighted by Crippen LogP contribution is -2.44. The van der Waals surface area contributed by atoms with E-state index in [4.69, 9.17) is 6.42 Å². The minimum absolute atomic E-state index is 0.0846. The van der Waals surface area contributed by atoms with Gasteiger partial charge in [0.25, 0.3) is 0 Å². The van der Waals surface area contributed by atoms with Gasteiger partial charge in [0.2, 0.25) is 0 Å². The maximum atomic E-state index is 12.4. The van der Waals surface area contributed by atoms with Gasteiger partial charge in [-0.2, -0.15) is 0 Å². The van der Waals surface area contributed by atoms with Crippen molar-refractivity contribution in [1.82, 2.24) is 15.1 Å². The number of amides is 2. The van der Waals surface area contributed by atoms with E-state index in [0.29, 0.717) is 19.6 Å². The maximum absolute atomic E-state index is 12.4. The van der Waals surface area contributed by atoms with Gasteiger partial charge in [0.1, 0.15) is 0 Å². The Labute approximate surface area is 146 Å². The van der Waals surface area contributed by atoms with Gasteiger partial charge in [0, 0.05) is 26.2 Å². The Hall–Kier alpha value is -1.99. The van der Waals surface area contributed by atoms with Crippen molar-refractivity contribution in [3.8, 4) is 12.3 Å². The molecule has 130 valence electrons. The number of terminal acetylenes is 1. The fraction of sp³-hybridized carbons (Fsp3) is 0.550. The molecular formula is C20H29N3O. The topological polar surface area (TPSA) is 35.6 Å². The zero-order chi connectivity index (χ0) is 17.4. The summed E-state index contributed by atoms with van der Waals surface area (Å²) in [7, 11) is 0. The largest absolute Gasteiger partial charge is 0.337 e. The van der Waals surface area contributed by atoms with Crippen LogP contribution in [0.15, 0.2) is 24.3 Å². The van der Waals surface area contributed by atoms with Crippen molar-refractivity contribution in [2.24, 2.45) is 5.92 Å². The summed E-state index contributed by atoms with van der Waals surface area (Å²) in [5, 5.41) is 3.01. The van der Waals surface area contributed by atoms with Crippen molar-refractivity contribution in [2.75, 3.05) is 32.7 Å². The molecule has 1 aliphatic heterocycles. The number of rotatable bonds is 6. The number of likely N-dealkylation sites (tertiary alicyclic amines) is 1. The molecule has 0 bridgehead atoms. The molecule has 0 saturated carbocycles. The minimum Gasteiger partial charge on any atom is -0.337 e. The number of piperidine rings is 1. The Balaban J connectivity index is 1.80. The molecule has 0 radical (unpaired) electrons. The van der Waals surface area contributed by atoms with Crippen LogP contribution in [-0.4, -0.2) is 48.6 Å². The molecule has 0 spiro atoms. The lowest BCUT2D eigenvalue weighted by molar-refractivity contribution is 0.177. The zero-order valence-corrected chi connectivity index (χ0v) is 14.9. The molecule has 1 atom stereocenters. The van der Waals surface area contributed by atoms with E-state index < -0.39 is 0 Å². The Bertz CT molecular complexity index is 561. The van der Waals surface area contributed by atoms with Gasteiger partial charge < -0.3 is 15.1 Å². The minimum atomic E-state index is -0.0846. The van der Waals surface area contributed by atoms with Crippen LogP contribution in [0.1, 0.15) is 30.9 Å². The summed E-state index contributed by atoms with van der Waals surface area (Å²) in [6.45, 7) is 9.05. The first-order chi connectivity index (χ1) is 11.6. The number of carbonyl (C=O) groups is 1. The predicted octanol–water partition coefficient (Wildman–Crippen LogP) is 2.87. The molecule has 0 aliphatic carbocycles. The number of benzene rings is 1. The number of nitrogens with one attached hydrogen (secondary N) is 1. The second kappa shape index (κ2) is 9.34. The molecule has 1 saturated heterocycles. The van der Waals surface area contributed by atoms with Crippen LogP contribution >= 0.6 is 0 Å². The quantitative estimate of drug-likeness (QED) is 0.816. The molecule has 4 heteroatoms. The van der Waals surface area contributed by atoms with Crippen LogP contribution in [0.4, 0.5) is 4.79 Å². The summed E-state index contributed by atoms with van der Waals surface area (Å²) < 4.78 is 0. The van der Waals surface area contributed by atoms with Crippen molar-refractivity contribution >= 4 is 6.03 Å². The fourth-order valence-corrected chi connectivity index (χ4v) is 3.15. The Morgan fingerprint density at radius 1 is 1.42 bits per heavy atom. The first kappa shape index (κ1) is 18.4. The van der Waals surface area contributed by atoms with E-state index in [1.807, 2.05) is 12.1 Å². The molecule has 24 heavy (non-hydrogen) atoms. The highest BCUT2D eigenvalue weighted by Crippen LogP contribution is 2.14. The van der Waals surface area contributed by atoms with Crippen LogP contribution in [0.2, 0.25) is 0 Å². The van der Waals surface area contributed by atoms with Gasteiger partial charge in [-0.25, -0.2) is 4.79 Å². The van der Waals surface area contributed by atoms with Gasteiger partial charge in [0.05, 0.1) is 6.54 Å². The number of urea groups is 1. The number of nitrogens with zero attached hydrogens (tertiary/aromatic N) is 2. The lowest BCUT2D eigenvalue weighted by Gasteiger charge is -2.31. The summed E-state index contributed by atoms with van der Waals surface area (Å²) in [4.78, 5) is 16.5. The van der Waals surface area contributed by atoms with Crippen molar-refractivity contribution in [3.05, 3.63) is 35.4 Å². The summed E-state index contributed by atoms with van der Waals surface area (Å²) in [6.07, 6.45) is 8.00. The molecule has 2 rings (SSSR count). The molecule has 1 heterocycles. The maximum Gasteiger partial charge on any atom is 0.318 e. The normalized spacial score (nSPS) is 18.0.